The van der Waals surface area contributed by atoms with Crippen LogP contribution in [0.25, 0.3) is 10.7 Å². The van der Waals surface area contributed by atoms with Crippen molar-refractivity contribution in [2.45, 2.75) is 25.0 Å². The van der Waals surface area contributed by atoms with Crippen LogP contribution < -0.4 is 5.14 Å². The Morgan fingerprint density at radius 2 is 2.06 bits per heavy atom. The zero-order valence-electron chi connectivity index (χ0n) is 9.66. The molecule has 0 aliphatic heterocycles. The second-order valence-corrected chi connectivity index (χ2v) is 7.84. The molecule has 0 amide bonds. The monoisotopic (exact) mass is 350 g/mol. The van der Waals surface area contributed by atoms with Crippen LogP contribution in [0.4, 0.5) is 0 Å². The lowest BCUT2D eigenvalue weighted by Gasteiger charge is -2.11. The van der Waals surface area contributed by atoms with Crippen LogP contribution in [0.2, 0.25) is 0 Å². The van der Waals surface area contributed by atoms with E-state index in [-0.39, 0.29) is 11.2 Å². The van der Waals surface area contributed by atoms with Gasteiger partial charge in [0.15, 0.2) is 5.82 Å². The summed E-state index contributed by atoms with van der Waals surface area (Å²) in [6, 6.07) is 3.62. The molecule has 2 N–H and O–H groups in total. The van der Waals surface area contributed by atoms with Crippen LogP contribution in [-0.2, 0) is 10.0 Å². The highest BCUT2D eigenvalue weighted by Crippen LogP contribution is 2.32. The lowest BCUT2D eigenvalue weighted by Crippen LogP contribution is -2.19. The van der Waals surface area contributed by atoms with Crippen molar-refractivity contribution in [3.63, 3.8) is 0 Å². The Balaban J connectivity index is 2.67. The van der Waals surface area contributed by atoms with Crippen molar-refractivity contribution >= 4 is 37.3 Å². The maximum atomic E-state index is 11.5. The topological polar surface area (TPSA) is 90.9 Å². The fraction of sp³-hybridized carbons (Fsp3) is 0.333. The maximum absolute atomic E-state index is 11.5. The summed E-state index contributed by atoms with van der Waals surface area (Å²) in [5.74, 6) is 0.504. The van der Waals surface area contributed by atoms with Crippen molar-refractivity contribution in [1.29, 1.82) is 0 Å². The van der Waals surface area contributed by atoms with Gasteiger partial charge in [0.25, 0.3) is 15.2 Å². The SMILES string of the molecule is CC(C)n1c(-c2ccc(Br)s2)nnc1S(N)(=O)=O. The van der Waals surface area contributed by atoms with Gasteiger partial charge in [-0.25, -0.2) is 13.6 Å². The first kappa shape index (κ1) is 13.7. The number of aromatic nitrogens is 3. The van der Waals surface area contributed by atoms with Crippen LogP contribution in [-0.4, -0.2) is 23.2 Å². The summed E-state index contributed by atoms with van der Waals surface area (Å²) in [5.41, 5.74) is 0. The van der Waals surface area contributed by atoms with Crippen LogP contribution in [0.3, 0.4) is 0 Å². The Hall–Kier alpha value is -0.770. The van der Waals surface area contributed by atoms with E-state index >= 15 is 0 Å². The van der Waals surface area contributed by atoms with Crippen molar-refractivity contribution in [3.8, 4) is 10.7 Å². The largest absolute Gasteiger partial charge is 0.294 e. The van der Waals surface area contributed by atoms with Crippen molar-refractivity contribution in [3.05, 3.63) is 15.9 Å². The van der Waals surface area contributed by atoms with Gasteiger partial charge in [0.2, 0.25) is 0 Å². The summed E-state index contributed by atoms with van der Waals surface area (Å²) in [4.78, 5) is 0.831. The second-order valence-electron chi connectivity index (χ2n) is 3.92. The maximum Gasteiger partial charge on any atom is 0.273 e. The molecule has 6 nitrogen and oxygen atoms in total. The molecule has 0 aromatic carbocycles. The van der Waals surface area contributed by atoms with Gasteiger partial charge in [-0.15, -0.1) is 21.5 Å². The number of nitrogens with two attached hydrogens (primary N) is 1. The molecule has 0 bridgehead atoms. The molecule has 0 aliphatic carbocycles. The highest BCUT2D eigenvalue weighted by atomic mass is 79.9. The second kappa shape index (κ2) is 4.72. The summed E-state index contributed by atoms with van der Waals surface area (Å²) >= 11 is 4.81. The number of thiophene rings is 1. The Morgan fingerprint density at radius 3 is 2.50 bits per heavy atom. The first-order chi connectivity index (χ1) is 8.30. The van der Waals surface area contributed by atoms with E-state index in [1.807, 2.05) is 26.0 Å². The van der Waals surface area contributed by atoms with E-state index in [1.165, 1.54) is 15.9 Å². The van der Waals surface area contributed by atoms with Gasteiger partial charge in [-0.05, 0) is 41.9 Å². The first-order valence-electron chi connectivity index (χ1n) is 5.04. The lowest BCUT2D eigenvalue weighted by molar-refractivity contribution is 0.525. The summed E-state index contributed by atoms with van der Waals surface area (Å²) in [7, 11) is -3.88. The number of sulfonamides is 1. The van der Waals surface area contributed by atoms with Gasteiger partial charge >= 0.3 is 0 Å². The molecule has 2 rings (SSSR count). The summed E-state index contributed by atoms with van der Waals surface area (Å²) in [6.45, 7) is 3.70. The van der Waals surface area contributed by atoms with Crippen LogP contribution in [0.5, 0.6) is 0 Å². The summed E-state index contributed by atoms with van der Waals surface area (Å²) in [6.07, 6.45) is 0. The van der Waals surface area contributed by atoms with E-state index in [9.17, 15) is 8.42 Å². The smallest absolute Gasteiger partial charge is 0.273 e. The third-order valence-corrected chi connectivity index (χ3v) is 4.64. The molecule has 2 aromatic rings. The van der Waals surface area contributed by atoms with E-state index in [0.717, 1.165) is 8.66 Å². The van der Waals surface area contributed by atoms with Crippen LogP contribution >= 0.6 is 27.3 Å². The Bertz CT molecular complexity index is 675. The van der Waals surface area contributed by atoms with E-state index in [4.69, 9.17) is 5.14 Å². The number of nitrogens with zero attached hydrogens (tertiary/aromatic N) is 3. The molecule has 0 aliphatic rings. The summed E-state index contributed by atoms with van der Waals surface area (Å²) < 4.78 is 25.4. The number of hydrogen-bond acceptors (Lipinski definition) is 5. The van der Waals surface area contributed by atoms with Crippen molar-refractivity contribution < 1.29 is 8.42 Å². The van der Waals surface area contributed by atoms with Gasteiger partial charge in [0.05, 0.1) is 8.66 Å². The van der Waals surface area contributed by atoms with Crippen LogP contribution in [0, 0.1) is 0 Å². The Kier molecular flexibility index (Phi) is 3.58. The van der Waals surface area contributed by atoms with E-state index in [2.05, 4.69) is 26.1 Å². The molecule has 18 heavy (non-hydrogen) atoms. The molecule has 0 fully saturated rings. The minimum Gasteiger partial charge on any atom is -0.294 e. The average molecular weight is 351 g/mol. The third-order valence-electron chi connectivity index (χ3n) is 2.23. The molecule has 2 heterocycles. The summed E-state index contributed by atoms with van der Waals surface area (Å²) in [5, 5.41) is 12.5. The predicted octanol–water partition coefficient (Wildman–Crippen LogP) is 2.00. The van der Waals surface area contributed by atoms with Gasteiger partial charge in [-0.1, -0.05) is 0 Å². The van der Waals surface area contributed by atoms with Crippen LogP contribution in [0.1, 0.15) is 19.9 Å². The van der Waals surface area contributed by atoms with Crippen LogP contribution in [0.15, 0.2) is 21.1 Å². The fourth-order valence-electron chi connectivity index (χ4n) is 1.54. The number of hydrogen-bond donors (Lipinski definition) is 1. The lowest BCUT2D eigenvalue weighted by atomic mass is 10.3. The molecule has 0 saturated heterocycles. The zero-order chi connectivity index (χ0) is 13.5. The molecule has 0 atom stereocenters. The van der Waals surface area contributed by atoms with Crippen molar-refractivity contribution in [2.75, 3.05) is 0 Å². The molecular formula is C9H11BrN4O2S2. The highest BCUT2D eigenvalue weighted by Gasteiger charge is 2.24. The first-order valence-corrected chi connectivity index (χ1v) is 8.19. The molecule has 0 radical (unpaired) electrons. The van der Waals surface area contributed by atoms with Gasteiger partial charge in [-0.2, -0.15) is 0 Å². The third kappa shape index (κ3) is 2.48. The fourth-order valence-corrected chi connectivity index (χ4v) is 3.63. The minimum absolute atomic E-state index is 0.107. The number of halogens is 1. The quantitative estimate of drug-likeness (QED) is 0.916. The molecule has 0 saturated carbocycles. The minimum atomic E-state index is -3.88. The normalized spacial score (nSPS) is 12.3. The van der Waals surface area contributed by atoms with Crippen molar-refractivity contribution in [2.24, 2.45) is 5.14 Å². The van der Waals surface area contributed by atoms with E-state index in [1.54, 1.807) is 0 Å². The molecule has 0 spiro atoms. The molecular weight excluding hydrogens is 340 g/mol. The predicted molar refractivity (Wildman–Crippen MR) is 72.8 cm³/mol. The van der Waals surface area contributed by atoms with Gasteiger partial charge in [0.1, 0.15) is 0 Å². The van der Waals surface area contributed by atoms with E-state index in [0.29, 0.717) is 5.82 Å². The van der Waals surface area contributed by atoms with Gasteiger partial charge in [0, 0.05) is 6.04 Å². The highest BCUT2D eigenvalue weighted by molar-refractivity contribution is 9.11. The van der Waals surface area contributed by atoms with E-state index < -0.39 is 10.0 Å². The standard InChI is InChI=1S/C9H11BrN4O2S2/c1-5(2)14-8(6-3-4-7(10)17-6)12-13-9(14)18(11,15)16/h3-5H,1-2H3,(H2,11,15,16). The van der Waals surface area contributed by atoms with Crippen molar-refractivity contribution in [1.82, 2.24) is 14.8 Å². The Morgan fingerprint density at radius 1 is 1.39 bits per heavy atom. The number of primary sulfonamides is 1. The van der Waals surface area contributed by atoms with Gasteiger partial charge in [-0.3, -0.25) is 4.57 Å². The molecule has 98 valence electrons. The molecule has 9 heteroatoms. The molecule has 2 aromatic heterocycles. The average Bonchev–Trinajstić information content (AvgIpc) is 2.80. The Labute approximate surface area is 117 Å². The molecule has 0 unspecified atom stereocenters. The zero-order valence-corrected chi connectivity index (χ0v) is 12.9. The number of rotatable bonds is 3. The van der Waals surface area contributed by atoms with Gasteiger partial charge < -0.3 is 0 Å².